The number of para-hydroxylation sites is 2. The quantitative estimate of drug-likeness (QED) is 0.615. The van der Waals surface area contributed by atoms with Crippen LogP contribution in [0.1, 0.15) is 13.0 Å². The Bertz CT molecular complexity index is 1120. The molecule has 0 spiro atoms. The van der Waals surface area contributed by atoms with Crippen molar-refractivity contribution in [2.45, 2.75) is 13.0 Å². The Balaban J connectivity index is 1.64. The number of carbonyl (C=O) groups excluding carboxylic acids is 1. The van der Waals surface area contributed by atoms with Crippen LogP contribution in [0.3, 0.4) is 0 Å². The van der Waals surface area contributed by atoms with E-state index >= 15 is 0 Å². The van der Waals surface area contributed by atoms with Crippen molar-refractivity contribution in [2.75, 3.05) is 5.32 Å². The predicted octanol–water partition coefficient (Wildman–Crippen LogP) is 3.21. The molecule has 0 fully saturated rings. The van der Waals surface area contributed by atoms with Crippen LogP contribution in [-0.4, -0.2) is 20.4 Å². The fourth-order valence-electron chi connectivity index (χ4n) is 2.62. The molecule has 4 rings (SSSR count). The average Bonchev–Trinajstić information content (AvgIpc) is 3.04. The number of hydrogen-bond acceptors (Lipinski definition) is 5. The number of nitrogens with one attached hydrogen (secondary N) is 1. The van der Waals surface area contributed by atoms with Gasteiger partial charge in [-0.3, -0.25) is 14.2 Å². The van der Waals surface area contributed by atoms with E-state index in [1.807, 2.05) is 30.3 Å². The van der Waals surface area contributed by atoms with Crippen LogP contribution in [0.15, 0.2) is 59.7 Å². The predicted molar refractivity (Wildman–Crippen MR) is 99.0 cm³/mol. The second kappa shape index (κ2) is 6.10. The summed E-state index contributed by atoms with van der Waals surface area (Å²) in [5.41, 5.74) is 1.21. The van der Waals surface area contributed by atoms with Crippen LogP contribution < -0.4 is 10.9 Å². The lowest BCUT2D eigenvalue weighted by molar-refractivity contribution is -0.118. The maximum atomic E-state index is 12.6. The number of amides is 1. The number of thiazole rings is 1. The Morgan fingerprint density at radius 3 is 2.64 bits per heavy atom. The molecular weight excluding hydrogens is 336 g/mol. The van der Waals surface area contributed by atoms with Gasteiger partial charge < -0.3 is 5.32 Å². The van der Waals surface area contributed by atoms with Crippen molar-refractivity contribution in [3.8, 4) is 0 Å². The molecule has 0 aliphatic carbocycles. The number of nitrogens with zero attached hydrogens (tertiary/aromatic N) is 3. The van der Waals surface area contributed by atoms with E-state index in [1.54, 1.807) is 25.1 Å². The second-order valence-electron chi connectivity index (χ2n) is 5.63. The maximum absolute atomic E-state index is 12.6. The molecule has 6 nitrogen and oxygen atoms in total. The second-order valence-corrected chi connectivity index (χ2v) is 6.66. The van der Waals surface area contributed by atoms with Crippen molar-refractivity contribution in [3.05, 3.63) is 65.2 Å². The molecule has 2 aromatic heterocycles. The van der Waals surface area contributed by atoms with E-state index in [4.69, 9.17) is 0 Å². The van der Waals surface area contributed by atoms with E-state index in [9.17, 15) is 9.59 Å². The number of carbonyl (C=O) groups is 1. The summed E-state index contributed by atoms with van der Waals surface area (Å²) in [5.74, 6) is -0.307. The topological polar surface area (TPSA) is 76.9 Å². The third-order valence-corrected chi connectivity index (χ3v) is 4.96. The minimum Gasteiger partial charge on any atom is -0.300 e. The first-order valence-corrected chi connectivity index (χ1v) is 8.57. The number of anilines is 1. The molecule has 0 aliphatic heterocycles. The van der Waals surface area contributed by atoms with E-state index in [1.165, 1.54) is 22.2 Å². The maximum Gasteiger partial charge on any atom is 0.261 e. The van der Waals surface area contributed by atoms with Gasteiger partial charge in [0.1, 0.15) is 6.04 Å². The summed E-state index contributed by atoms with van der Waals surface area (Å²) in [6.45, 7) is 1.67. The molecule has 0 unspecified atom stereocenters. The van der Waals surface area contributed by atoms with Gasteiger partial charge in [0.05, 0.1) is 27.4 Å². The normalized spacial score (nSPS) is 12.4. The van der Waals surface area contributed by atoms with Gasteiger partial charge in [-0.1, -0.05) is 35.6 Å². The third-order valence-electron chi connectivity index (χ3n) is 4.01. The van der Waals surface area contributed by atoms with Crippen molar-refractivity contribution in [1.29, 1.82) is 0 Å². The van der Waals surface area contributed by atoms with Gasteiger partial charge in [0.2, 0.25) is 5.91 Å². The summed E-state index contributed by atoms with van der Waals surface area (Å²) in [5, 5.41) is 3.79. The Hall–Kier alpha value is -3.06. The molecule has 0 radical (unpaired) electrons. The van der Waals surface area contributed by atoms with Crippen LogP contribution in [0.5, 0.6) is 0 Å². The molecule has 0 bridgehead atoms. The number of rotatable bonds is 3. The van der Waals surface area contributed by atoms with Gasteiger partial charge in [-0.25, -0.2) is 9.97 Å². The van der Waals surface area contributed by atoms with Gasteiger partial charge in [0, 0.05) is 0 Å². The molecule has 1 atom stereocenters. The van der Waals surface area contributed by atoms with Crippen molar-refractivity contribution in [3.63, 3.8) is 0 Å². The summed E-state index contributed by atoms with van der Waals surface area (Å²) in [7, 11) is 0. The van der Waals surface area contributed by atoms with E-state index in [-0.39, 0.29) is 11.5 Å². The summed E-state index contributed by atoms with van der Waals surface area (Å²) in [6, 6.07) is 14.0. The number of benzene rings is 2. The summed E-state index contributed by atoms with van der Waals surface area (Å²) >= 11 is 1.40. The summed E-state index contributed by atoms with van der Waals surface area (Å²) in [4.78, 5) is 33.8. The van der Waals surface area contributed by atoms with Crippen molar-refractivity contribution >= 4 is 43.5 Å². The van der Waals surface area contributed by atoms with Crippen LogP contribution in [-0.2, 0) is 4.79 Å². The van der Waals surface area contributed by atoms with Gasteiger partial charge >= 0.3 is 0 Å². The Morgan fingerprint density at radius 1 is 1.12 bits per heavy atom. The summed E-state index contributed by atoms with van der Waals surface area (Å²) < 4.78 is 2.33. The molecule has 1 N–H and O–H groups in total. The molecule has 2 heterocycles. The molecule has 0 saturated heterocycles. The van der Waals surface area contributed by atoms with Gasteiger partial charge in [0.25, 0.3) is 5.56 Å². The van der Waals surface area contributed by atoms with Crippen molar-refractivity contribution in [2.24, 2.45) is 0 Å². The molecule has 0 saturated carbocycles. The first-order chi connectivity index (χ1) is 12.1. The molecule has 4 aromatic rings. The van der Waals surface area contributed by atoms with Crippen LogP contribution in [0.25, 0.3) is 21.1 Å². The molecule has 2 aromatic carbocycles. The number of hydrogen-bond donors (Lipinski definition) is 1. The number of fused-ring (bicyclic) bond motifs is 2. The smallest absolute Gasteiger partial charge is 0.261 e. The zero-order valence-electron chi connectivity index (χ0n) is 13.3. The van der Waals surface area contributed by atoms with Crippen LogP contribution in [0.2, 0.25) is 0 Å². The van der Waals surface area contributed by atoms with E-state index < -0.39 is 6.04 Å². The zero-order chi connectivity index (χ0) is 17.4. The largest absolute Gasteiger partial charge is 0.300 e. The molecule has 25 heavy (non-hydrogen) atoms. The fourth-order valence-corrected chi connectivity index (χ4v) is 3.49. The van der Waals surface area contributed by atoms with E-state index in [2.05, 4.69) is 15.3 Å². The molecule has 1 amide bonds. The Kier molecular flexibility index (Phi) is 3.77. The first kappa shape index (κ1) is 15.5. The van der Waals surface area contributed by atoms with Gasteiger partial charge in [-0.15, -0.1) is 0 Å². The Morgan fingerprint density at radius 2 is 1.84 bits per heavy atom. The minimum absolute atomic E-state index is 0.238. The van der Waals surface area contributed by atoms with Crippen LogP contribution in [0.4, 0.5) is 5.13 Å². The highest BCUT2D eigenvalue weighted by Gasteiger charge is 2.19. The SMILES string of the molecule is C[C@@H](C(=O)Nc1nc2ccccc2s1)n1cnc2ccccc2c1=O. The molecule has 124 valence electrons. The van der Waals surface area contributed by atoms with Gasteiger partial charge in [-0.05, 0) is 31.2 Å². The Labute approximate surface area is 146 Å². The molecule has 0 aliphatic rings. The first-order valence-electron chi connectivity index (χ1n) is 7.76. The molecular formula is C18H14N4O2S. The van der Waals surface area contributed by atoms with Gasteiger partial charge in [0.15, 0.2) is 5.13 Å². The lowest BCUT2D eigenvalue weighted by Crippen LogP contribution is -2.31. The minimum atomic E-state index is -0.698. The lowest BCUT2D eigenvalue weighted by Gasteiger charge is -2.14. The van der Waals surface area contributed by atoms with E-state index in [0.717, 1.165) is 10.2 Å². The standard InChI is InChI=1S/C18H14N4O2S/c1-11(22-10-19-13-7-3-2-6-12(13)17(22)24)16(23)21-18-20-14-8-4-5-9-15(14)25-18/h2-11H,1H3,(H,20,21,23)/t11-/m0/s1. The van der Waals surface area contributed by atoms with E-state index in [0.29, 0.717) is 16.0 Å². The number of aromatic nitrogens is 3. The van der Waals surface area contributed by atoms with Crippen molar-refractivity contribution in [1.82, 2.24) is 14.5 Å². The zero-order valence-corrected chi connectivity index (χ0v) is 14.2. The van der Waals surface area contributed by atoms with Crippen molar-refractivity contribution < 1.29 is 4.79 Å². The summed E-state index contributed by atoms with van der Waals surface area (Å²) in [6.07, 6.45) is 1.41. The highest BCUT2D eigenvalue weighted by Crippen LogP contribution is 2.25. The fraction of sp³-hybridized carbons (Fsp3) is 0.111. The van der Waals surface area contributed by atoms with Gasteiger partial charge in [-0.2, -0.15) is 0 Å². The van der Waals surface area contributed by atoms with Crippen LogP contribution >= 0.6 is 11.3 Å². The highest BCUT2D eigenvalue weighted by atomic mass is 32.1. The van der Waals surface area contributed by atoms with Crippen LogP contribution in [0, 0.1) is 0 Å². The lowest BCUT2D eigenvalue weighted by atomic mass is 10.2. The monoisotopic (exact) mass is 350 g/mol. The molecule has 7 heteroatoms. The average molecular weight is 350 g/mol. The third kappa shape index (κ3) is 2.78. The highest BCUT2D eigenvalue weighted by molar-refractivity contribution is 7.22.